The highest BCUT2D eigenvalue weighted by atomic mass is 32.2. The van der Waals surface area contributed by atoms with E-state index in [4.69, 9.17) is 9.47 Å². The van der Waals surface area contributed by atoms with Gasteiger partial charge in [-0.05, 0) is 18.9 Å². The van der Waals surface area contributed by atoms with Crippen molar-refractivity contribution in [3.63, 3.8) is 0 Å². The van der Waals surface area contributed by atoms with Gasteiger partial charge >= 0.3 is 0 Å². The molecule has 0 atom stereocenters. The second kappa shape index (κ2) is 8.95. The lowest BCUT2D eigenvalue weighted by molar-refractivity contribution is -0.120. The molecule has 0 spiro atoms. The topological polar surface area (TPSA) is 47.6 Å². The fourth-order valence-electron chi connectivity index (χ4n) is 2.34. The van der Waals surface area contributed by atoms with E-state index in [-0.39, 0.29) is 5.91 Å². The SMILES string of the molecule is COc1ccccc1CC(=O)NCCSC1CCOCC1. The summed E-state index contributed by atoms with van der Waals surface area (Å²) in [6.45, 7) is 2.46. The number of nitrogens with one attached hydrogen (secondary N) is 1. The van der Waals surface area contributed by atoms with E-state index in [1.807, 2.05) is 36.0 Å². The summed E-state index contributed by atoms with van der Waals surface area (Å²) in [6.07, 6.45) is 2.62. The zero-order chi connectivity index (χ0) is 14.9. The molecule has 0 unspecified atom stereocenters. The Morgan fingerprint density at radius 2 is 2.14 bits per heavy atom. The first-order valence-electron chi connectivity index (χ1n) is 7.37. The number of amides is 1. The second-order valence-electron chi connectivity index (χ2n) is 5.02. The molecule has 1 aromatic carbocycles. The molecule has 1 aromatic rings. The monoisotopic (exact) mass is 309 g/mol. The van der Waals surface area contributed by atoms with Crippen LogP contribution in [-0.2, 0) is 16.0 Å². The predicted octanol–water partition coefficient (Wildman–Crippen LogP) is 2.27. The zero-order valence-electron chi connectivity index (χ0n) is 12.5. The molecule has 1 saturated heterocycles. The van der Waals surface area contributed by atoms with Gasteiger partial charge in [0, 0.05) is 36.3 Å². The summed E-state index contributed by atoms with van der Waals surface area (Å²) in [5.41, 5.74) is 0.926. The van der Waals surface area contributed by atoms with Crippen LogP contribution >= 0.6 is 11.8 Å². The molecule has 1 fully saturated rings. The Labute approximate surface area is 130 Å². The first-order chi connectivity index (χ1) is 10.3. The molecular formula is C16H23NO3S. The minimum Gasteiger partial charge on any atom is -0.496 e. The van der Waals surface area contributed by atoms with Crippen molar-refractivity contribution >= 4 is 17.7 Å². The maximum atomic E-state index is 11.9. The third-order valence-electron chi connectivity index (χ3n) is 3.49. The molecule has 1 aliphatic rings. The van der Waals surface area contributed by atoms with Gasteiger partial charge in [0.05, 0.1) is 13.5 Å². The number of rotatable bonds is 7. The van der Waals surface area contributed by atoms with Crippen molar-refractivity contribution < 1.29 is 14.3 Å². The average molecular weight is 309 g/mol. The number of hydrogen-bond acceptors (Lipinski definition) is 4. The fraction of sp³-hybridized carbons (Fsp3) is 0.562. The molecule has 0 aromatic heterocycles. The van der Waals surface area contributed by atoms with Gasteiger partial charge in [-0.25, -0.2) is 0 Å². The fourth-order valence-corrected chi connectivity index (χ4v) is 3.42. The van der Waals surface area contributed by atoms with Crippen LogP contribution in [0.5, 0.6) is 5.75 Å². The van der Waals surface area contributed by atoms with E-state index < -0.39 is 0 Å². The van der Waals surface area contributed by atoms with Gasteiger partial charge in [-0.15, -0.1) is 0 Å². The van der Waals surface area contributed by atoms with Crippen molar-refractivity contribution in [3.8, 4) is 5.75 Å². The molecule has 0 bridgehead atoms. The Morgan fingerprint density at radius 1 is 1.38 bits per heavy atom. The first-order valence-corrected chi connectivity index (χ1v) is 8.42. The third kappa shape index (κ3) is 5.59. The average Bonchev–Trinajstić information content (AvgIpc) is 2.53. The van der Waals surface area contributed by atoms with E-state index in [2.05, 4.69) is 5.32 Å². The summed E-state index contributed by atoms with van der Waals surface area (Å²) in [4.78, 5) is 11.9. The highest BCUT2D eigenvalue weighted by molar-refractivity contribution is 7.99. The number of carbonyl (C=O) groups is 1. The predicted molar refractivity (Wildman–Crippen MR) is 86.0 cm³/mol. The van der Waals surface area contributed by atoms with Crippen LogP contribution in [0.1, 0.15) is 18.4 Å². The van der Waals surface area contributed by atoms with Crippen LogP contribution in [0, 0.1) is 0 Å². The van der Waals surface area contributed by atoms with Crippen LogP contribution in [0.15, 0.2) is 24.3 Å². The molecule has 21 heavy (non-hydrogen) atoms. The molecule has 2 rings (SSSR count). The van der Waals surface area contributed by atoms with Crippen LogP contribution in [0.3, 0.4) is 0 Å². The van der Waals surface area contributed by atoms with Crippen molar-refractivity contribution in [2.75, 3.05) is 32.6 Å². The maximum absolute atomic E-state index is 11.9. The Balaban J connectivity index is 1.65. The lowest BCUT2D eigenvalue weighted by Crippen LogP contribution is -2.28. The quantitative estimate of drug-likeness (QED) is 0.785. The Morgan fingerprint density at radius 3 is 2.90 bits per heavy atom. The van der Waals surface area contributed by atoms with E-state index >= 15 is 0 Å². The number of methoxy groups -OCH3 is 1. The van der Waals surface area contributed by atoms with Gasteiger partial charge in [0.2, 0.25) is 5.91 Å². The van der Waals surface area contributed by atoms with Crippen LogP contribution in [0.2, 0.25) is 0 Å². The van der Waals surface area contributed by atoms with E-state index in [1.54, 1.807) is 7.11 Å². The van der Waals surface area contributed by atoms with E-state index in [9.17, 15) is 4.79 Å². The number of carbonyl (C=O) groups excluding carboxylic acids is 1. The largest absolute Gasteiger partial charge is 0.496 e. The Kier molecular flexibility index (Phi) is 6.89. The van der Waals surface area contributed by atoms with Gasteiger partial charge in [-0.3, -0.25) is 4.79 Å². The number of para-hydroxylation sites is 1. The van der Waals surface area contributed by atoms with Crippen molar-refractivity contribution in [2.45, 2.75) is 24.5 Å². The van der Waals surface area contributed by atoms with Gasteiger partial charge in [0.25, 0.3) is 0 Å². The summed E-state index contributed by atoms with van der Waals surface area (Å²) in [6, 6.07) is 7.63. The van der Waals surface area contributed by atoms with Gasteiger partial charge in [0.1, 0.15) is 5.75 Å². The van der Waals surface area contributed by atoms with Crippen molar-refractivity contribution in [3.05, 3.63) is 29.8 Å². The Bertz CT molecular complexity index is 447. The molecule has 0 saturated carbocycles. The summed E-state index contributed by atoms with van der Waals surface area (Å²) in [5.74, 6) is 1.78. The van der Waals surface area contributed by atoms with Crippen molar-refractivity contribution in [1.29, 1.82) is 0 Å². The lowest BCUT2D eigenvalue weighted by Gasteiger charge is -2.21. The summed E-state index contributed by atoms with van der Waals surface area (Å²) >= 11 is 1.93. The zero-order valence-corrected chi connectivity index (χ0v) is 13.3. The van der Waals surface area contributed by atoms with Crippen LogP contribution in [0.25, 0.3) is 0 Å². The molecule has 4 nitrogen and oxygen atoms in total. The molecule has 0 radical (unpaired) electrons. The third-order valence-corrected chi connectivity index (χ3v) is 4.87. The molecule has 1 N–H and O–H groups in total. The van der Waals surface area contributed by atoms with Gasteiger partial charge in [-0.1, -0.05) is 18.2 Å². The second-order valence-corrected chi connectivity index (χ2v) is 6.43. The highest BCUT2D eigenvalue weighted by Crippen LogP contribution is 2.21. The van der Waals surface area contributed by atoms with E-state index in [0.29, 0.717) is 11.7 Å². The van der Waals surface area contributed by atoms with Crippen molar-refractivity contribution in [1.82, 2.24) is 5.32 Å². The number of thioether (sulfide) groups is 1. The Hall–Kier alpha value is -1.20. The normalized spacial score (nSPS) is 15.7. The smallest absolute Gasteiger partial charge is 0.224 e. The molecule has 0 aliphatic carbocycles. The minimum absolute atomic E-state index is 0.0482. The van der Waals surface area contributed by atoms with Gasteiger partial charge in [-0.2, -0.15) is 11.8 Å². The summed E-state index contributed by atoms with van der Waals surface area (Å²) < 4.78 is 10.6. The van der Waals surface area contributed by atoms with Gasteiger partial charge < -0.3 is 14.8 Å². The van der Waals surface area contributed by atoms with Crippen LogP contribution in [0.4, 0.5) is 0 Å². The summed E-state index contributed by atoms with van der Waals surface area (Å²) in [5, 5.41) is 3.66. The van der Waals surface area contributed by atoms with Crippen LogP contribution in [-0.4, -0.2) is 43.8 Å². The van der Waals surface area contributed by atoms with E-state index in [1.165, 1.54) is 0 Å². The standard InChI is InChI=1S/C16H23NO3S/c1-19-15-5-3-2-4-13(15)12-16(18)17-8-11-21-14-6-9-20-10-7-14/h2-5,14H,6-12H2,1H3,(H,17,18). The number of benzene rings is 1. The molecule has 1 aliphatic heterocycles. The van der Waals surface area contributed by atoms with Crippen LogP contribution < -0.4 is 10.1 Å². The molecule has 116 valence electrons. The number of ether oxygens (including phenoxy) is 2. The maximum Gasteiger partial charge on any atom is 0.224 e. The van der Waals surface area contributed by atoms with Crippen molar-refractivity contribution in [2.24, 2.45) is 0 Å². The highest BCUT2D eigenvalue weighted by Gasteiger charge is 2.14. The first kappa shape index (κ1) is 16.2. The lowest BCUT2D eigenvalue weighted by atomic mass is 10.1. The molecular weight excluding hydrogens is 286 g/mol. The van der Waals surface area contributed by atoms with E-state index in [0.717, 1.165) is 49.7 Å². The molecule has 1 amide bonds. The number of hydrogen-bond donors (Lipinski definition) is 1. The summed E-state index contributed by atoms with van der Waals surface area (Å²) in [7, 11) is 1.63. The molecule has 1 heterocycles. The van der Waals surface area contributed by atoms with Gasteiger partial charge in [0.15, 0.2) is 0 Å². The minimum atomic E-state index is 0.0482. The molecule has 5 heteroatoms.